The average Bonchev–Trinajstić information content (AvgIpc) is 2.85. The van der Waals surface area contributed by atoms with Crippen molar-refractivity contribution in [3.8, 4) is 0 Å². The minimum atomic E-state index is -0.465. The molecule has 0 fully saturated rings. The second-order valence-corrected chi connectivity index (χ2v) is 8.37. The third-order valence-corrected chi connectivity index (χ3v) is 5.53. The maximum atomic E-state index is 11.8. The second kappa shape index (κ2) is 13.9. The van der Waals surface area contributed by atoms with E-state index < -0.39 is 4.92 Å². The van der Waals surface area contributed by atoms with Crippen molar-refractivity contribution >= 4 is 46.0 Å². The first-order valence-corrected chi connectivity index (χ1v) is 11.9. The second-order valence-electron chi connectivity index (χ2n) is 7.94. The number of benzene rings is 2. The van der Waals surface area contributed by atoms with Crippen molar-refractivity contribution in [3.63, 3.8) is 0 Å². The molecule has 0 saturated heterocycles. The molecule has 35 heavy (non-hydrogen) atoms. The number of nitro groups is 1. The number of carbonyl (C=O) groups is 1. The van der Waals surface area contributed by atoms with E-state index in [2.05, 4.69) is 20.8 Å². The Balaban J connectivity index is 1.20. The van der Waals surface area contributed by atoms with Crippen LogP contribution in [0.15, 0.2) is 59.9 Å². The van der Waals surface area contributed by atoms with Gasteiger partial charge in [-0.3, -0.25) is 19.9 Å². The Morgan fingerprint density at radius 3 is 2.57 bits per heavy atom. The van der Waals surface area contributed by atoms with E-state index in [-0.39, 0.29) is 18.2 Å². The number of hydrogen-bond acceptors (Lipinski definition) is 7. The summed E-state index contributed by atoms with van der Waals surface area (Å²) in [6.07, 6.45) is 8.06. The number of halogens is 1. The molecule has 0 radical (unpaired) electrons. The van der Waals surface area contributed by atoms with Crippen LogP contribution in [0.1, 0.15) is 37.7 Å². The Morgan fingerprint density at radius 1 is 1.06 bits per heavy atom. The van der Waals surface area contributed by atoms with Crippen LogP contribution in [-0.4, -0.2) is 35.1 Å². The number of aromatic nitrogens is 1. The van der Waals surface area contributed by atoms with Gasteiger partial charge in [0.2, 0.25) is 0 Å². The molecule has 1 amide bonds. The van der Waals surface area contributed by atoms with Gasteiger partial charge in [-0.15, -0.1) is 0 Å². The zero-order valence-corrected chi connectivity index (χ0v) is 20.0. The Labute approximate surface area is 208 Å². The molecular formula is C25H28ClN5O4. The fraction of sp³-hybridized carbons (Fsp3) is 0.320. The number of pyridine rings is 1. The summed E-state index contributed by atoms with van der Waals surface area (Å²) in [6.45, 7) is 1.59. The highest BCUT2D eigenvalue weighted by molar-refractivity contribution is 6.31. The van der Waals surface area contributed by atoms with E-state index in [1.807, 2.05) is 24.3 Å². The van der Waals surface area contributed by atoms with E-state index in [0.717, 1.165) is 67.0 Å². The minimum absolute atomic E-state index is 0.0121. The number of anilines is 1. The van der Waals surface area contributed by atoms with Crippen molar-refractivity contribution in [1.82, 2.24) is 10.3 Å². The predicted molar refractivity (Wildman–Crippen MR) is 138 cm³/mol. The van der Waals surface area contributed by atoms with Gasteiger partial charge in [0.15, 0.2) is 0 Å². The van der Waals surface area contributed by atoms with Gasteiger partial charge in [0.05, 0.1) is 10.4 Å². The van der Waals surface area contributed by atoms with Gasteiger partial charge < -0.3 is 15.5 Å². The van der Waals surface area contributed by atoms with Crippen molar-refractivity contribution < 1.29 is 14.6 Å². The highest BCUT2D eigenvalue weighted by Gasteiger charge is 2.04. The summed E-state index contributed by atoms with van der Waals surface area (Å²) in [7, 11) is 0. The van der Waals surface area contributed by atoms with Crippen LogP contribution < -0.4 is 10.6 Å². The molecule has 0 saturated carbocycles. The van der Waals surface area contributed by atoms with Crippen LogP contribution in [0.25, 0.3) is 10.9 Å². The van der Waals surface area contributed by atoms with E-state index in [4.69, 9.17) is 16.4 Å². The summed E-state index contributed by atoms with van der Waals surface area (Å²) in [5, 5.41) is 22.2. The summed E-state index contributed by atoms with van der Waals surface area (Å²) < 4.78 is 0. The van der Waals surface area contributed by atoms with Crippen LogP contribution in [0.2, 0.25) is 5.02 Å². The van der Waals surface area contributed by atoms with Gasteiger partial charge in [0, 0.05) is 47.5 Å². The van der Waals surface area contributed by atoms with Crippen LogP contribution in [0.3, 0.4) is 0 Å². The first-order chi connectivity index (χ1) is 17.0. The number of nitrogens with zero attached hydrogens (tertiary/aromatic N) is 3. The number of amides is 1. The van der Waals surface area contributed by atoms with E-state index in [1.165, 1.54) is 12.1 Å². The molecule has 0 unspecified atom stereocenters. The maximum absolute atomic E-state index is 11.8. The normalized spacial score (nSPS) is 11.0. The molecule has 1 aromatic heterocycles. The standard InChI is InChI=1S/C25H28ClN5O4/c26-20-8-11-22-23(12-15-28-24(22)16-20)27-13-4-2-1-3-5-14-29-25(32)17-30-35-18-19-6-9-21(10-7-19)31(33)34/h6-12,15-17H,1-5,13-14,18H2,(H,27,28)(H,29,32)/b30-17+. The van der Waals surface area contributed by atoms with Crippen LogP contribution in [0.4, 0.5) is 11.4 Å². The van der Waals surface area contributed by atoms with Gasteiger partial charge in [-0.05, 0) is 54.8 Å². The van der Waals surface area contributed by atoms with Gasteiger partial charge >= 0.3 is 0 Å². The molecule has 0 aliphatic rings. The lowest BCUT2D eigenvalue weighted by molar-refractivity contribution is -0.384. The maximum Gasteiger partial charge on any atom is 0.269 e. The van der Waals surface area contributed by atoms with Crippen molar-refractivity contribution in [2.45, 2.75) is 38.7 Å². The Hall–Kier alpha value is -3.72. The molecule has 0 aliphatic carbocycles. The number of carbonyl (C=O) groups excluding carboxylic acids is 1. The first kappa shape index (κ1) is 25.9. The molecule has 3 rings (SSSR count). The predicted octanol–water partition coefficient (Wildman–Crippen LogP) is 5.48. The Bertz CT molecular complexity index is 1150. The van der Waals surface area contributed by atoms with Crippen LogP contribution in [0, 0.1) is 10.1 Å². The number of oxime groups is 1. The molecular weight excluding hydrogens is 470 g/mol. The van der Waals surface area contributed by atoms with Gasteiger partial charge in [-0.25, -0.2) is 0 Å². The molecule has 3 aromatic rings. The quantitative estimate of drug-likeness (QED) is 0.132. The lowest BCUT2D eigenvalue weighted by Crippen LogP contribution is -2.25. The zero-order chi connectivity index (χ0) is 24.9. The smallest absolute Gasteiger partial charge is 0.269 e. The number of nitro benzene ring substituents is 1. The van der Waals surface area contributed by atoms with E-state index in [9.17, 15) is 14.9 Å². The molecule has 9 nitrogen and oxygen atoms in total. The van der Waals surface area contributed by atoms with Gasteiger partial charge in [-0.1, -0.05) is 36.0 Å². The molecule has 0 bridgehead atoms. The molecule has 2 N–H and O–H groups in total. The Kier molecular flexibility index (Phi) is 10.3. The fourth-order valence-electron chi connectivity index (χ4n) is 3.45. The summed E-state index contributed by atoms with van der Waals surface area (Å²) in [4.78, 5) is 31.3. The van der Waals surface area contributed by atoms with Crippen LogP contribution in [0.5, 0.6) is 0 Å². The topological polar surface area (TPSA) is 119 Å². The van der Waals surface area contributed by atoms with Gasteiger partial charge in [-0.2, -0.15) is 0 Å². The van der Waals surface area contributed by atoms with E-state index >= 15 is 0 Å². The molecule has 184 valence electrons. The van der Waals surface area contributed by atoms with Crippen molar-refractivity contribution in [1.29, 1.82) is 0 Å². The van der Waals surface area contributed by atoms with Gasteiger partial charge in [0.1, 0.15) is 12.8 Å². The summed E-state index contributed by atoms with van der Waals surface area (Å²) in [5.74, 6) is -0.316. The molecule has 2 aromatic carbocycles. The third kappa shape index (κ3) is 8.86. The van der Waals surface area contributed by atoms with E-state index in [1.54, 1.807) is 18.3 Å². The average molecular weight is 498 g/mol. The number of hydrogen-bond donors (Lipinski definition) is 2. The third-order valence-electron chi connectivity index (χ3n) is 5.30. The highest BCUT2D eigenvalue weighted by Crippen LogP contribution is 2.24. The summed E-state index contributed by atoms with van der Waals surface area (Å²) in [6, 6.07) is 13.6. The largest absolute Gasteiger partial charge is 0.391 e. The number of unbranched alkanes of at least 4 members (excludes halogenated alkanes) is 4. The van der Waals surface area contributed by atoms with Crippen LogP contribution in [-0.2, 0) is 16.2 Å². The van der Waals surface area contributed by atoms with E-state index in [0.29, 0.717) is 11.6 Å². The van der Waals surface area contributed by atoms with Crippen molar-refractivity contribution in [2.75, 3.05) is 18.4 Å². The molecule has 0 aliphatic heterocycles. The highest BCUT2D eigenvalue weighted by atomic mass is 35.5. The fourth-order valence-corrected chi connectivity index (χ4v) is 3.61. The first-order valence-electron chi connectivity index (χ1n) is 11.5. The summed E-state index contributed by atoms with van der Waals surface area (Å²) >= 11 is 6.04. The minimum Gasteiger partial charge on any atom is -0.391 e. The monoisotopic (exact) mass is 497 g/mol. The number of fused-ring (bicyclic) bond motifs is 1. The zero-order valence-electron chi connectivity index (χ0n) is 19.3. The van der Waals surface area contributed by atoms with Crippen molar-refractivity contribution in [3.05, 3.63) is 75.4 Å². The molecule has 1 heterocycles. The number of rotatable bonds is 14. The molecule has 10 heteroatoms. The summed E-state index contributed by atoms with van der Waals surface area (Å²) in [5.41, 5.74) is 2.68. The van der Waals surface area contributed by atoms with Crippen molar-refractivity contribution in [2.24, 2.45) is 5.16 Å². The van der Waals surface area contributed by atoms with Gasteiger partial charge in [0.25, 0.3) is 11.6 Å². The molecule has 0 spiro atoms. The lowest BCUT2D eigenvalue weighted by atomic mass is 10.1. The SMILES string of the molecule is O=C(/C=N/OCc1ccc([N+](=O)[O-])cc1)NCCCCCCCNc1ccnc2cc(Cl)ccc12. The number of non-ortho nitro benzene ring substituents is 1. The van der Waals surface area contributed by atoms with Crippen LogP contribution >= 0.6 is 11.6 Å². The lowest BCUT2D eigenvalue weighted by Gasteiger charge is -2.09. The number of nitrogens with one attached hydrogen (secondary N) is 2. The molecule has 0 atom stereocenters. The Morgan fingerprint density at radius 2 is 1.80 bits per heavy atom.